The monoisotopic (exact) mass is 406 g/mol. The Bertz CT molecular complexity index is 1010. The van der Waals surface area contributed by atoms with E-state index in [4.69, 9.17) is 11.6 Å². The number of amides is 1. The number of nitrogens with zero attached hydrogens (tertiary/aromatic N) is 4. The highest BCUT2D eigenvalue weighted by Gasteiger charge is 2.32. The first kappa shape index (κ1) is 18.5. The van der Waals surface area contributed by atoms with Crippen molar-refractivity contribution in [3.05, 3.63) is 35.7 Å². The maximum absolute atomic E-state index is 12.4. The molecule has 4 heterocycles. The SMILES string of the molecule is O=C(NCC(F)F)[C@H]1CCCN1c1ccnc(-c2c[nH]c3ncc(Cl)cc23)n1. The Morgan fingerprint density at radius 2 is 2.29 bits per heavy atom. The lowest BCUT2D eigenvalue weighted by Gasteiger charge is -2.25. The van der Waals surface area contributed by atoms with Crippen LogP contribution in [-0.2, 0) is 4.79 Å². The highest BCUT2D eigenvalue weighted by Crippen LogP contribution is 2.30. The van der Waals surface area contributed by atoms with Crippen LogP contribution in [0.1, 0.15) is 12.8 Å². The van der Waals surface area contributed by atoms with Crippen LogP contribution >= 0.6 is 11.6 Å². The molecule has 0 radical (unpaired) electrons. The standard InChI is InChI=1S/C18H17ClF2N6O/c19-10-6-11-12(8-24-16(11)23-7-10)17-22-4-3-15(26-17)27-5-1-2-13(27)18(28)25-9-14(20)21/h3-4,6-8,13-14H,1-2,5,9H2,(H,23,24)(H,25,28)/t13-/m1/s1. The van der Waals surface area contributed by atoms with Gasteiger partial charge < -0.3 is 15.2 Å². The van der Waals surface area contributed by atoms with E-state index in [-0.39, 0.29) is 0 Å². The first-order valence-corrected chi connectivity index (χ1v) is 9.19. The van der Waals surface area contributed by atoms with E-state index < -0.39 is 24.9 Å². The summed E-state index contributed by atoms with van der Waals surface area (Å²) in [6, 6.07) is 2.96. The summed E-state index contributed by atoms with van der Waals surface area (Å²) in [6.07, 6.45) is 3.70. The molecule has 4 rings (SSSR count). The van der Waals surface area contributed by atoms with Gasteiger partial charge >= 0.3 is 0 Å². The Balaban J connectivity index is 1.63. The molecule has 7 nitrogen and oxygen atoms in total. The minimum Gasteiger partial charge on any atom is -0.349 e. The van der Waals surface area contributed by atoms with E-state index in [0.717, 1.165) is 17.4 Å². The fourth-order valence-corrected chi connectivity index (χ4v) is 3.57. The number of carbonyl (C=O) groups is 1. The van der Waals surface area contributed by atoms with Crippen LogP contribution in [0.4, 0.5) is 14.6 Å². The Morgan fingerprint density at radius 1 is 1.43 bits per heavy atom. The molecule has 3 aromatic heterocycles. The van der Waals surface area contributed by atoms with Crippen molar-refractivity contribution in [3.63, 3.8) is 0 Å². The van der Waals surface area contributed by atoms with Gasteiger partial charge in [0.05, 0.1) is 11.6 Å². The fraction of sp³-hybridized carbons (Fsp3) is 0.333. The average molecular weight is 407 g/mol. The van der Waals surface area contributed by atoms with E-state index in [1.165, 1.54) is 0 Å². The molecule has 1 aliphatic rings. The molecule has 1 fully saturated rings. The number of hydrogen-bond donors (Lipinski definition) is 2. The zero-order valence-electron chi connectivity index (χ0n) is 14.7. The van der Waals surface area contributed by atoms with Crippen molar-refractivity contribution < 1.29 is 13.6 Å². The van der Waals surface area contributed by atoms with E-state index in [0.29, 0.717) is 35.3 Å². The van der Waals surface area contributed by atoms with E-state index in [1.54, 1.807) is 30.7 Å². The van der Waals surface area contributed by atoms with E-state index in [9.17, 15) is 13.6 Å². The predicted molar refractivity (Wildman–Crippen MR) is 102 cm³/mol. The summed E-state index contributed by atoms with van der Waals surface area (Å²) in [5.41, 5.74) is 1.41. The molecule has 0 aliphatic carbocycles. The van der Waals surface area contributed by atoms with Gasteiger partial charge in [0.25, 0.3) is 6.43 Å². The smallest absolute Gasteiger partial charge is 0.255 e. The number of aromatic nitrogens is 4. The minimum absolute atomic E-state index is 0.416. The maximum atomic E-state index is 12.4. The highest BCUT2D eigenvalue weighted by molar-refractivity contribution is 6.31. The van der Waals surface area contributed by atoms with Gasteiger partial charge in [0.15, 0.2) is 5.82 Å². The van der Waals surface area contributed by atoms with Crippen molar-refractivity contribution in [1.82, 2.24) is 25.3 Å². The van der Waals surface area contributed by atoms with E-state index in [2.05, 4.69) is 25.3 Å². The van der Waals surface area contributed by atoms with Gasteiger partial charge in [-0.25, -0.2) is 23.7 Å². The molecule has 146 valence electrons. The molecular formula is C18H17ClF2N6O. The van der Waals surface area contributed by atoms with Crippen molar-refractivity contribution in [2.45, 2.75) is 25.3 Å². The van der Waals surface area contributed by atoms with Crippen molar-refractivity contribution >= 4 is 34.4 Å². The number of nitrogens with one attached hydrogen (secondary N) is 2. The number of aromatic amines is 1. The second-order valence-corrected chi connectivity index (χ2v) is 6.91. The molecule has 0 spiro atoms. The third-order valence-corrected chi connectivity index (χ3v) is 4.87. The molecule has 10 heteroatoms. The molecule has 1 aliphatic heterocycles. The number of pyridine rings is 1. The van der Waals surface area contributed by atoms with Gasteiger partial charge in [0.2, 0.25) is 5.91 Å². The van der Waals surface area contributed by atoms with Crippen LogP contribution in [0.15, 0.2) is 30.7 Å². The third-order valence-electron chi connectivity index (χ3n) is 4.66. The maximum Gasteiger partial charge on any atom is 0.255 e. The highest BCUT2D eigenvalue weighted by atomic mass is 35.5. The van der Waals surface area contributed by atoms with Crippen LogP contribution in [0, 0.1) is 0 Å². The van der Waals surface area contributed by atoms with Gasteiger partial charge in [-0.3, -0.25) is 4.79 Å². The van der Waals surface area contributed by atoms with Gasteiger partial charge in [-0.1, -0.05) is 11.6 Å². The van der Waals surface area contributed by atoms with Crippen LogP contribution in [0.5, 0.6) is 0 Å². The van der Waals surface area contributed by atoms with Crippen molar-refractivity contribution in [2.75, 3.05) is 18.0 Å². The quantitative estimate of drug-likeness (QED) is 0.680. The largest absolute Gasteiger partial charge is 0.349 e. The lowest BCUT2D eigenvalue weighted by atomic mass is 10.2. The predicted octanol–water partition coefficient (Wildman–Crippen LogP) is 3.02. The number of anilines is 1. The summed E-state index contributed by atoms with van der Waals surface area (Å²) in [4.78, 5) is 30.3. The van der Waals surface area contributed by atoms with E-state index in [1.807, 2.05) is 4.90 Å². The molecule has 1 atom stereocenters. The summed E-state index contributed by atoms with van der Waals surface area (Å²) >= 11 is 6.05. The summed E-state index contributed by atoms with van der Waals surface area (Å²) in [5, 5.41) is 3.58. The van der Waals surface area contributed by atoms with Gasteiger partial charge in [0, 0.05) is 36.1 Å². The van der Waals surface area contributed by atoms with E-state index >= 15 is 0 Å². The summed E-state index contributed by atoms with van der Waals surface area (Å²) < 4.78 is 24.8. The second kappa shape index (κ2) is 7.67. The number of fused-ring (bicyclic) bond motifs is 1. The number of rotatable bonds is 5. The van der Waals surface area contributed by atoms with Crippen LogP contribution < -0.4 is 10.2 Å². The molecule has 1 saturated heterocycles. The Hall–Kier alpha value is -2.81. The summed E-state index contributed by atoms with van der Waals surface area (Å²) in [6.45, 7) is -0.0359. The van der Waals surface area contributed by atoms with Crippen molar-refractivity contribution in [1.29, 1.82) is 0 Å². The molecule has 0 bridgehead atoms. The topological polar surface area (TPSA) is 86.8 Å². The number of carbonyl (C=O) groups excluding carboxylic acids is 1. The van der Waals surface area contributed by atoms with Crippen molar-refractivity contribution in [3.8, 4) is 11.4 Å². The number of H-pyrrole nitrogens is 1. The van der Waals surface area contributed by atoms with Gasteiger partial charge in [-0.15, -0.1) is 0 Å². The van der Waals surface area contributed by atoms with Crippen LogP contribution in [-0.4, -0.2) is 51.4 Å². The molecule has 1 amide bonds. The molecule has 28 heavy (non-hydrogen) atoms. The second-order valence-electron chi connectivity index (χ2n) is 6.48. The average Bonchev–Trinajstić information content (AvgIpc) is 3.33. The molecule has 0 saturated carbocycles. The number of hydrogen-bond acceptors (Lipinski definition) is 5. The molecule has 2 N–H and O–H groups in total. The zero-order chi connectivity index (χ0) is 19.7. The summed E-state index contributed by atoms with van der Waals surface area (Å²) in [7, 11) is 0. The Morgan fingerprint density at radius 3 is 3.11 bits per heavy atom. The molecular weight excluding hydrogens is 390 g/mol. The van der Waals surface area contributed by atoms with Crippen LogP contribution in [0.3, 0.4) is 0 Å². The van der Waals surface area contributed by atoms with Gasteiger partial charge in [-0.05, 0) is 25.0 Å². The van der Waals surface area contributed by atoms with Gasteiger partial charge in [0.1, 0.15) is 17.5 Å². The van der Waals surface area contributed by atoms with Crippen LogP contribution in [0.2, 0.25) is 5.02 Å². The zero-order valence-corrected chi connectivity index (χ0v) is 15.5. The van der Waals surface area contributed by atoms with Gasteiger partial charge in [-0.2, -0.15) is 0 Å². The molecule has 3 aromatic rings. The minimum atomic E-state index is -2.58. The Kier molecular flexibility index (Phi) is 5.08. The Labute approximate surface area is 164 Å². The normalized spacial score (nSPS) is 16.9. The number of halogens is 3. The van der Waals surface area contributed by atoms with Crippen LogP contribution in [0.25, 0.3) is 22.4 Å². The lowest BCUT2D eigenvalue weighted by Crippen LogP contribution is -2.45. The fourth-order valence-electron chi connectivity index (χ4n) is 3.41. The lowest BCUT2D eigenvalue weighted by molar-refractivity contribution is -0.122. The third kappa shape index (κ3) is 3.62. The molecule has 0 unspecified atom stereocenters. The van der Waals surface area contributed by atoms with Crippen molar-refractivity contribution in [2.24, 2.45) is 0 Å². The number of alkyl halides is 2. The summed E-state index contributed by atoms with van der Waals surface area (Å²) in [5.74, 6) is 0.622. The first-order chi connectivity index (χ1) is 13.5. The first-order valence-electron chi connectivity index (χ1n) is 8.81. The molecule has 0 aromatic carbocycles.